The molecule has 0 aromatic rings. The molecule has 0 aromatic heterocycles. The van der Waals surface area contributed by atoms with E-state index in [1.807, 2.05) is 0 Å². The van der Waals surface area contributed by atoms with Gasteiger partial charge in [-0.25, -0.2) is 9.59 Å². The Hall–Kier alpha value is -1.79. The summed E-state index contributed by atoms with van der Waals surface area (Å²) in [6.45, 7) is 4.22. The van der Waals surface area contributed by atoms with Crippen molar-refractivity contribution in [3.8, 4) is 0 Å². The molecular formula is C14H24N2O5. The fourth-order valence-electron chi connectivity index (χ4n) is 2.68. The van der Waals surface area contributed by atoms with Crippen LogP contribution in [0.4, 0.5) is 4.79 Å². The van der Waals surface area contributed by atoms with Crippen molar-refractivity contribution in [2.75, 3.05) is 0 Å². The molecule has 1 aliphatic carbocycles. The Morgan fingerprint density at radius 2 is 1.86 bits per heavy atom. The van der Waals surface area contributed by atoms with Gasteiger partial charge in [0.05, 0.1) is 0 Å². The van der Waals surface area contributed by atoms with E-state index in [9.17, 15) is 14.4 Å². The minimum atomic E-state index is -1.23. The summed E-state index contributed by atoms with van der Waals surface area (Å²) in [5.74, 6) is -1.45. The van der Waals surface area contributed by atoms with E-state index in [4.69, 9.17) is 10.2 Å². The van der Waals surface area contributed by atoms with Crippen LogP contribution < -0.4 is 10.6 Å². The third-order valence-corrected chi connectivity index (χ3v) is 4.27. The molecule has 7 heteroatoms. The lowest BCUT2D eigenvalue weighted by Crippen LogP contribution is -2.52. The average Bonchev–Trinajstić information content (AvgIpc) is 2.39. The lowest BCUT2D eigenvalue weighted by molar-refractivity contribution is -0.140. The van der Waals surface area contributed by atoms with Crippen molar-refractivity contribution in [1.29, 1.82) is 0 Å². The first-order valence-electron chi connectivity index (χ1n) is 7.33. The molecule has 21 heavy (non-hydrogen) atoms. The Balaban J connectivity index is 2.49. The Bertz CT molecular complexity index is 399. The van der Waals surface area contributed by atoms with Gasteiger partial charge in [-0.3, -0.25) is 4.79 Å². The van der Waals surface area contributed by atoms with Crippen molar-refractivity contribution in [3.63, 3.8) is 0 Å². The van der Waals surface area contributed by atoms with Crippen LogP contribution in [0, 0.1) is 11.8 Å². The molecule has 1 aliphatic rings. The number of hydrogen-bond acceptors (Lipinski definition) is 3. The maximum atomic E-state index is 11.9. The summed E-state index contributed by atoms with van der Waals surface area (Å²) in [5.41, 5.74) is 0. The monoisotopic (exact) mass is 300 g/mol. The van der Waals surface area contributed by atoms with Crippen molar-refractivity contribution in [1.82, 2.24) is 10.6 Å². The number of urea groups is 1. The minimum Gasteiger partial charge on any atom is -0.481 e. The first-order valence-corrected chi connectivity index (χ1v) is 7.33. The van der Waals surface area contributed by atoms with Gasteiger partial charge in [-0.15, -0.1) is 0 Å². The number of amides is 2. The quantitative estimate of drug-likeness (QED) is 0.592. The number of nitrogens with one attached hydrogen (secondary N) is 2. The largest absolute Gasteiger partial charge is 0.481 e. The second-order valence-corrected chi connectivity index (χ2v) is 5.81. The first-order chi connectivity index (χ1) is 9.81. The molecular weight excluding hydrogens is 276 g/mol. The number of carboxylic acid groups (broad SMARTS) is 2. The smallest absolute Gasteiger partial charge is 0.326 e. The van der Waals surface area contributed by atoms with Crippen LogP contribution in [0.5, 0.6) is 0 Å². The number of carbonyl (C=O) groups excluding carboxylic acids is 1. The molecule has 120 valence electrons. The van der Waals surface area contributed by atoms with E-state index in [1.54, 1.807) is 0 Å². The summed E-state index contributed by atoms with van der Waals surface area (Å²) >= 11 is 0. The second-order valence-electron chi connectivity index (χ2n) is 5.81. The van der Waals surface area contributed by atoms with Gasteiger partial charge < -0.3 is 20.8 Å². The molecule has 0 bridgehead atoms. The number of rotatable bonds is 6. The van der Waals surface area contributed by atoms with Crippen molar-refractivity contribution < 1.29 is 24.6 Å². The van der Waals surface area contributed by atoms with Crippen LogP contribution in [0.1, 0.15) is 46.0 Å². The summed E-state index contributed by atoms with van der Waals surface area (Å²) in [5, 5.41) is 22.7. The van der Waals surface area contributed by atoms with Crippen LogP contribution in [0.2, 0.25) is 0 Å². The average molecular weight is 300 g/mol. The first kappa shape index (κ1) is 17.3. The standard InChI is InChI=1S/C14H24N2O5/c1-8-4-3-5-10(9(8)2)15-14(21)16-11(13(19)20)6-7-12(17)18/h8-11H,3-7H2,1-2H3,(H,17,18)(H,19,20)(H2,15,16,21). The van der Waals surface area contributed by atoms with E-state index in [0.29, 0.717) is 11.8 Å². The molecule has 0 saturated heterocycles. The highest BCUT2D eigenvalue weighted by atomic mass is 16.4. The summed E-state index contributed by atoms with van der Waals surface area (Å²) < 4.78 is 0. The fourth-order valence-corrected chi connectivity index (χ4v) is 2.68. The van der Waals surface area contributed by atoms with E-state index >= 15 is 0 Å². The molecule has 1 saturated carbocycles. The summed E-state index contributed by atoms with van der Waals surface area (Å²) in [7, 11) is 0. The highest BCUT2D eigenvalue weighted by Gasteiger charge is 2.29. The number of aliphatic carboxylic acids is 2. The number of carboxylic acids is 2. The fraction of sp³-hybridized carbons (Fsp3) is 0.786. The molecule has 1 rings (SSSR count). The predicted octanol–water partition coefficient (Wildman–Crippen LogP) is 1.43. The lowest BCUT2D eigenvalue weighted by atomic mass is 9.78. The summed E-state index contributed by atoms with van der Waals surface area (Å²) in [6.07, 6.45) is 2.63. The van der Waals surface area contributed by atoms with Crippen molar-refractivity contribution >= 4 is 18.0 Å². The minimum absolute atomic E-state index is 0.0302. The predicted molar refractivity (Wildman–Crippen MR) is 75.9 cm³/mol. The van der Waals surface area contributed by atoms with Gasteiger partial charge in [0.15, 0.2) is 0 Å². The third kappa shape index (κ3) is 5.61. The van der Waals surface area contributed by atoms with Crippen molar-refractivity contribution in [2.24, 2.45) is 11.8 Å². The van der Waals surface area contributed by atoms with Gasteiger partial charge >= 0.3 is 18.0 Å². The van der Waals surface area contributed by atoms with E-state index in [0.717, 1.165) is 19.3 Å². The molecule has 0 aliphatic heterocycles. The second kappa shape index (κ2) is 7.85. The van der Waals surface area contributed by atoms with Gasteiger partial charge in [0, 0.05) is 12.5 Å². The summed E-state index contributed by atoms with van der Waals surface area (Å²) in [6, 6.07) is -1.70. The van der Waals surface area contributed by atoms with Crippen molar-refractivity contribution in [3.05, 3.63) is 0 Å². The zero-order valence-corrected chi connectivity index (χ0v) is 12.5. The third-order valence-electron chi connectivity index (χ3n) is 4.27. The SMILES string of the molecule is CC1CCCC(NC(=O)NC(CCC(=O)O)C(=O)O)C1C. The van der Waals surface area contributed by atoms with Crippen LogP contribution in [-0.2, 0) is 9.59 Å². The normalized spacial score (nSPS) is 26.7. The van der Waals surface area contributed by atoms with Crippen LogP contribution in [-0.4, -0.2) is 40.3 Å². The zero-order valence-electron chi connectivity index (χ0n) is 12.5. The molecule has 0 spiro atoms. The number of carbonyl (C=O) groups is 3. The lowest BCUT2D eigenvalue weighted by Gasteiger charge is -2.34. The molecule has 0 aromatic carbocycles. The molecule has 4 N–H and O–H groups in total. The van der Waals surface area contributed by atoms with Crippen LogP contribution in [0.3, 0.4) is 0 Å². The molecule has 2 amide bonds. The molecule has 4 atom stereocenters. The maximum absolute atomic E-state index is 11.9. The van der Waals surface area contributed by atoms with E-state index < -0.39 is 24.0 Å². The van der Waals surface area contributed by atoms with Gasteiger partial charge in [0.1, 0.15) is 6.04 Å². The summed E-state index contributed by atoms with van der Waals surface area (Å²) in [4.78, 5) is 33.4. The Morgan fingerprint density at radius 1 is 1.19 bits per heavy atom. The highest BCUT2D eigenvalue weighted by molar-refractivity contribution is 5.83. The van der Waals surface area contributed by atoms with Gasteiger partial charge in [-0.2, -0.15) is 0 Å². The molecule has 1 fully saturated rings. The van der Waals surface area contributed by atoms with Crippen molar-refractivity contribution in [2.45, 2.75) is 58.0 Å². The Morgan fingerprint density at radius 3 is 2.43 bits per heavy atom. The topological polar surface area (TPSA) is 116 Å². The van der Waals surface area contributed by atoms with E-state index in [2.05, 4.69) is 24.5 Å². The van der Waals surface area contributed by atoms with Crippen LogP contribution in [0.15, 0.2) is 0 Å². The van der Waals surface area contributed by atoms with E-state index in [-0.39, 0.29) is 18.9 Å². The molecule has 0 heterocycles. The van der Waals surface area contributed by atoms with Gasteiger partial charge in [-0.1, -0.05) is 26.7 Å². The highest BCUT2D eigenvalue weighted by Crippen LogP contribution is 2.29. The van der Waals surface area contributed by atoms with Gasteiger partial charge in [0.25, 0.3) is 0 Å². The van der Waals surface area contributed by atoms with Crippen LogP contribution >= 0.6 is 0 Å². The molecule has 7 nitrogen and oxygen atoms in total. The maximum Gasteiger partial charge on any atom is 0.326 e. The zero-order chi connectivity index (χ0) is 16.0. The molecule has 4 unspecified atom stereocenters. The van der Waals surface area contributed by atoms with Gasteiger partial charge in [0.2, 0.25) is 0 Å². The van der Waals surface area contributed by atoms with E-state index in [1.165, 1.54) is 0 Å². The Labute approximate surface area is 124 Å². The molecule has 0 radical (unpaired) electrons. The van der Waals surface area contributed by atoms with Gasteiger partial charge in [-0.05, 0) is 24.7 Å². The number of hydrogen-bond donors (Lipinski definition) is 4. The van der Waals surface area contributed by atoms with Crippen LogP contribution in [0.25, 0.3) is 0 Å². The Kier molecular flexibility index (Phi) is 6.45.